The number of azo groups is 1. The molecule has 0 aliphatic rings. The number of benzene rings is 2. The van der Waals surface area contributed by atoms with E-state index in [9.17, 15) is 18.1 Å². The highest BCUT2D eigenvalue weighted by atomic mass is 35.5. The number of nitrogens with one attached hydrogen (secondary N) is 1. The molecule has 0 fully saturated rings. The molecule has 0 aliphatic carbocycles. The van der Waals surface area contributed by atoms with Crippen LogP contribution >= 0.6 is 23.2 Å². The van der Waals surface area contributed by atoms with Crippen LogP contribution in [0.15, 0.2) is 51.5 Å². The van der Waals surface area contributed by atoms with Crippen LogP contribution in [0.25, 0.3) is 5.69 Å². The van der Waals surface area contributed by atoms with Crippen molar-refractivity contribution in [3.63, 3.8) is 0 Å². The van der Waals surface area contributed by atoms with Crippen LogP contribution in [-0.2, 0) is 10.1 Å². The number of nitrogens with zero attached hydrogens (tertiary/aromatic N) is 7. The molecular weight excluding hydrogens is 571 g/mol. The van der Waals surface area contributed by atoms with E-state index in [4.69, 9.17) is 27.9 Å². The normalized spacial score (nSPS) is 11.9. The van der Waals surface area contributed by atoms with Crippen LogP contribution in [0.1, 0.15) is 25.1 Å². The largest absolute Gasteiger partial charge is 0.492 e. The van der Waals surface area contributed by atoms with E-state index in [1.807, 2.05) is 0 Å². The minimum atomic E-state index is -4.69. The number of aromatic nitrogens is 5. The maximum Gasteiger partial charge on any atom is 0.322 e. The van der Waals surface area contributed by atoms with Crippen molar-refractivity contribution in [1.82, 2.24) is 24.7 Å². The van der Waals surface area contributed by atoms with E-state index in [0.29, 0.717) is 10.7 Å². The molecule has 0 aliphatic heterocycles. The van der Waals surface area contributed by atoms with Gasteiger partial charge in [-0.15, -0.1) is 10.2 Å². The Hall–Kier alpha value is -3.85. The third kappa shape index (κ3) is 6.42. The molecule has 4 rings (SSSR count). The lowest BCUT2D eigenvalue weighted by atomic mass is 10.2. The van der Waals surface area contributed by atoms with Gasteiger partial charge in [0.15, 0.2) is 5.69 Å². The number of ether oxygens (including phenoxy) is 1. The number of anilines is 2. The molecular formula is C23H22Cl2N8O5S. The fraction of sp³-hybridized carbons (Fsp3) is 0.217. The molecule has 0 atom stereocenters. The van der Waals surface area contributed by atoms with Crippen molar-refractivity contribution < 1.29 is 22.8 Å². The molecule has 2 aromatic carbocycles. The number of aromatic hydroxyl groups is 1. The summed E-state index contributed by atoms with van der Waals surface area (Å²) in [7, 11) is -4.69. The Labute approximate surface area is 233 Å². The fourth-order valence-electron chi connectivity index (χ4n) is 3.45. The molecule has 2 heterocycles. The number of rotatable bonds is 8. The second-order valence-electron chi connectivity index (χ2n) is 8.43. The van der Waals surface area contributed by atoms with Crippen molar-refractivity contribution in [3.05, 3.63) is 58.0 Å². The van der Waals surface area contributed by atoms with E-state index < -0.39 is 15.0 Å². The zero-order chi connectivity index (χ0) is 28.5. The quantitative estimate of drug-likeness (QED) is 0.165. The van der Waals surface area contributed by atoms with Gasteiger partial charge >= 0.3 is 6.01 Å². The molecule has 204 valence electrons. The maximum atomic E-state index is 12.0. The first-order valence-electron chi connectivity index (χ1n) is 11.3. The minimum absolute atomic E-state index is 0.0121. The molecule has 13 nitrogen and oxygen atoms in total. The van der Waals surface area contributed by atoms with Crippen LogP contribution in [0.5, 0.6) is 11.9 Å². The standard InChI is InChI=1S/C23H22Cl2N8O5S/c1-11(2)38-23-28-21(25)27-22(29-23)26-14-8-9-17(39(35,36)37)16(10-14)30-31-18-13(4)32-33(20(18)34)19-12(3)6-5-7-15(19)24/h5-11,34H,1-4H3,(H,35,36,37)(H,26,27,28,29)/b31-30+. The Kier molecular flexibility index (Phi) is 8.02. The van der Waals surface area contributed by atoms with Crippen LogP contribution in [0.2, 0.25) is 10.3 Å². The second kappa shape index (κ2) is 11.1. The zero-order valence-electron chi connectivity index (χ0n) is 21.0. The van der Waals surface area contributed by atoms with Crippen molar-refractivity contribution in [2.45, 2.75) is 38.7 Å². The third-order valence-electron chi connectivity index (χ3n) is 5.08. The summed E-state index contributed by atoms with van der Waals surface area (Å²) in [4.78, 5) is 11.5. The number of halogens is 2. The summed E-state index contributed by atoms with van der Waals surface area (Å²) in [5, 5.41) is 26.2. The topological polar surface area (TPSA) is 177 Å². The van der Waals surface area contributed by atoms with Crippen LogP contribution in [-0.4, -0.2) is 48.9 Å². The maximum absolute atomic E-state index is 12.0. The average molecular weight is 593 g/mol. The Morgan fingerprint density at radius 3 is 2.49 bits per heavy atom. The van der Waals surface area contributed by atoms with Crippen LogP contribution in [0.4, 0.5) is 23.0 Å². The number of para-hydroxylation sites is 1. The predicted molar refractivity (Wildman–Crippen MR) is 144 cm³/mol. The van der Waals surface area contributed by atoms with Crippen molar-refractivity contribution in [3.8, 4) is 17.6 Å². The van der Waals surface area contributed by atoms with Gasteiger partial charge in [-0.25, -0.2) is 0 Å². The Morgan fingerprint density at radius 2 is 1.82 bits per heavy atom. The lowest BCUT2D eigenvalue weighted by Gasteiger charge is -2.10. The van der Waals surface area contributed by atoms with Gasteiger partial charge in [0.2, 0.25) is 17.1 Å². The molecule has 0 unspecified atom stereocenters. The van der Waals surface area contributed by atoms with Gasteiger partial charge in [-0.05, 0) is 69.1 Å². The van der Waals surface area contributed by atoms with E-state index in [-0.39, 0.29) is 52.0 Å². The van der Waals surface area contributed by atoms with Crippen molar-refractivity contribution in [2.75, 3.05) is 5.32 Å². The molecule has 0 radical (unpaired) electrons. The summed E-state index contributed by atoms with van der Waals surface area (Å²) in [6, 6.07) is 8.94. The molecule has 3 N–H and O–H groups in total. The third-order valence-corrected chi connectivity index (χ3v) is 6.46. The molecule has 0 saturated carbocycles. The number of hydrogen-bond donors (Lipinski definition) is 3. The van der Waals surface area contributed by atoms with Crippen LogP contribution < -0.4 is 10.1 Å². The fourth-order valence-corrected chi connectivity index (χ4v) is 4.51. The molecule has 0 bridgehead atoms. The van der Waals surface area contributed by atoms with E-state index >= 15 is 0 Å². The molecule has 2 aromatic heterocycles. The van der Waals surface area contributed by atoms with E-state index in [2.05, 4.69) is 35.6 Å². The molecule has 0 spiro atoms. The van der Waals surface area contributed by atoms with E-state index in [1.54, 1.807) is 45.9 Å². The smallest absolute Gasteiger partial charge is 0.322 e. The van der Waals surface area contributed by atoms with Crippen LogP contribution in [0.3, 0.4) is 0 Å². The van der Waals surface area contributed by atoms with Crippen molar-refractivity contribution >= 4 is 56.3 Å². The molecule has 39 heavy (non-hydrogen) atoms. The van der Waals surface area contributed by atoms with Gasteiger partial charge in [-0.3, -0.25) is 4.55 Å². The zero-order valence-corrected chi connectivity index (χ0v) is 23.3. The second-order valence-corrected chi connectivity index (χ2v) is 10.6. The first-order chi connectivity index (χ1) is 18.3. The minimum Gasteiger partial charge on any atom is -0.492 e. The summed E-state index contributed by atoms with van der Waals surface area (Å²) in [5.41, 5.74) is 1.48. The highest BCUT2D eigenvalue weighted by Gasteiger charge is 2.21. The summed E-state index contributed by atoms with van der Waals surface area (Å²) >= 11 is 12.3. The Morgan fingerprint density at radius 1 is 1.08 bits per heavy atom. The van der Waals surface area contributed by atoms with Gasteiger partial charge in [-0.2, -0.15) is 33.2 Å². The van der Waals surface area contributed by atoms with Gasteiger partial charge in [0.25, 0.3) is 10.1 Å². The van der Waals surface area contributed by atoms with E-state index in [1.165, 1.54) is 16.8 Å². The SMILES string of the molecule is Cc1cccc(Cl)c1-n1nc(C)c(/N=N/c2cc(Nc3nc(Cl)nc(OC(C)C)n3)ccc2S(=O)(=O)O)c1O. The highest BCUT2D eigenvalue weighted by molar-refractivity contribution is 7.86. The molecule has 16 heteroatoms. The Balaban J connectivity index is 1.73. The van der Waals surface area contributed by atoms with Crippen LogP contribution in [0, 0.1) is 13.8 Å². The van der Waals surface area contributed by atoms with Gasteiger partial charge < -0.3 is 15.2 Å². The molecule has 4 aromatic rings. The van der Waals surface area contributed by atoms with Gasteiger partial charge in [-0.1, -0.05) is 23.7 Å². The average Bonchev–Trinajstić information content (AvgIpc) is 3.09. The van der Waals surface area contributed by atoms with Crippen molar-refractivity contribution in [2.24, 2.45) is 10.2 Å². The molecule has 0 saturated heterocycles. The monoisotopic (exact) mass is 592 g/mol. The predicted octanol–water partition coefficient (Wildman–Crippen LogP) is 5.88. The highest BCUT2D eigenvalue weighted by Crippen LogP contribution is 2.38. The van der Waals surface area contributed by atoms with Crippen molar-refractivity contribution in [1.29, 1.82) is 0 Å². The van der Waals surface area contributed by atoms with E-state index in [0.717, 1.165) is 11.6 Å². The Bertz CT molecular complexity index is 1670. The number of hydrogen-bond acceptors (Lipinski definition) is 11. The number of aryl methyl sites for hydroxylation is 2. The van der Waals surface area contributed by atoms with Gasteiger partial charge in [0.1, 0.15) is 10.6 Å². The first-order valence-corrected chi connectivity index (χ1v) is 13.5. The lowest BCUT2D eigenvalue weighted by molar-refractivity contribution is 0.222. The summed E-state index contributed by atoms with van der Waals surface area (Å²) in [6.07, 6.45) is -0.219. The lowest BCUT2D eigenvalue weighted by Crippen LogP contribution is -2.10. The summed E-state index contributed by atoms with van der Waals surface area (Å²) in [5.74, 6) is -0.356. The van der Waals surface area contributed by atoms with Gasteiger partial charge in [0, 0.05) is 5.69 Å². The van der Waals surface area contributed by atoms with Gasteiger partial charge in [0.05, 0.1) is 22.5 Å². The summed E-state index contributed by atoms with van der Waals surface area (Å²) in [6.45, 7) is 6.96. The summed E-state index contributed by atoms with van der Waals surface area (Å²) < 4.78 is 40.4. The molecule has 0 amide bonds. The first kappa shape index (κ1) is 28.2.